The lowest BCUT2D eigenvalue weighted by Crippen LogP contribution is -2.50. The first kappa shape index (κ1) is 11.4. The molecule has 1 amide bonds. The lowest BCUT2D eigenvalue weighted by Gasteiger charge is -2.34. The minimum Gasteiger partial charge on any atom is -0.390 e. The molecule has 5 nitrogen and oxygen atoms in total. The number of aliphatic hydroxyl groups is 1. The predicted molar refractivity (Wildman–Crippen MR) is 53.8 cm³/mol. The number of hydrogen-bond donors (Lipinski definition) is 2. The Morgan fingerprint density at radius 3 is 2.43 bits per heavy atom. The van der Waals surface area contributed by atoms with Crippen molar-refractivity contribution in [3.8, 4) is 0 Å². The van der Waals surface area contributed by atoms with E-state index >= 15 is 0 Å². The predicted octanol–water partition coefficient (Wildman–Crippen LogP) is -1.53. The molecule has 1 unspecified atom stereocenters. The summed E-state index contributed by atoms with van der Waals surface area (Å²) in [6.07, 6.45) is -0.445. The summed E-state index contributed by atoms with van der Waals surface area (Å²) in [5.41, 5.74) is 5.32. The number of nitrogens with zero attached hydrogens (tertiary/aromatic N) is 2. The minimum atomic E-state index is -0.445. The molecule has 0 saturated carbocycles. The lowest BCUT2D eigenvalue weighted by molar-refractivity contribution is -0.130. The Morgan fingerprint density at radius 1 is 1.43 bits per heavy atom. The van der Waals surface area contributed by atoms with Gasteiger partial charge in [0.25, 0.3) is 0 Å². The van der Waals surface area contributed by atoms with Gasteiger partial charge in [-0.25, -0.2) is 0 Å². The summed E-state index contributed by atoms with van der Waals surface area (Å²) >= 11 is 0. The van der Waals surface area contributed by atoms with E-state index in [-0.39, 0.29) is 5.91 Å². The van der Waals surface area contributed by atoms with E-state index in [0.29, 0.717) is 13.1 Å². The fourth-order valence-electron chi connectivity index (χ4n) is 1.62. The molecule has 0 radical (unpaired) electrons. The summed E-state index contributed by atoms with van der Waals surface area (Å²) in [5, 5.41) is 9.34. The van der Waals surface area contributed by atoms with Gasteiger partial charge in [0.05, 0.1) is 6.10 Å². The zero-order valence-corrected chi connectivity index (χ0v) is 8.65. The van der Waals surface area contributed by atoms with Crippen molar-refractivity contribution in [2.24, 2.45) is 5.73 Å². The molecule has 1 fully saturated rings. The molecule has 1 heterocycles. The van der Waals surface area contributed by atoms with E-state index in [0.717, 1.165) is 26.2 Å². The standard InChI is InChI=1S/C9H19N3O2/c1-8(13)12-4-2-11(3-5-12)7-9(14)6-10/h9,14H,2-7,10H2,1H3. The molecule has 1 aliphatic rings. The van der Waals surface area contributed by atoms with Gasteiger partial charge in [-0.05, 0) is 0 Å². The van der Waals surface area contributed by atoms with E-state index in [1.807, 2.05) is 4.90 Å². The SMILES string of the molecule is CC(=O)N1CCN(CC(O)CN)CC1. The Morgan fingerprint density at radius 2 is 2.00 bits per heavy atom. The van der Waals surface area contributed by atoms with Crippen molar-refractivity contribution in [3.63, 3.8) is 0 Å². The van der Waals surface area contributed by atoms with Crippen LogP contribution in [0.5, 0.6) is 0 Å². The minimum absolute atomic E-state index is 0.129. The Hall–Kier alpha value is -0.650. The maximum atomic E-state index is 11.0. The van der Waals surface area contributed by atoms with Crippen LogP contribution in [0.15, 0.2) is 0 Å². The number of nitrogens with two attached hydrogens (primary N) is 1. The maximum Gasteiger partial charge on any atom is 0.219 e. The zero-order valence-electron chi connectivity index (χ0n) is 8.65. The molecular formula is C9H19N3O2. The molecule has 0 spiro atoms. The van der Waals surface area contributed by atoms with Crippen molar-refractivity contribution < 1.29 is 9.90 Å². The normalized spacial score (nSPS) is 20.9. The molecule has 3 N–H and O–H groups in total. The number of rotatable bonds is 3. The molecule has 82 valence electrons. The zero-order chi connectivity index (χ0) is 10.6. The van der Waals surface area contributed by atoms with E-state index in [1.165, 1.54) is 0 Å². The Labute approximate surface area is 84.5 Å². The third-order valence-electron chi connectivity index (χ3n) is 2.56. The molecule has 1 saturated heterocycles. The molecule has 0 aromatic carbocycles. The highest BCUT2D eigenvalue weighted by Gasteiger charge is 2.19. The highest BCUT2D eigenvalue weighted by Crippen LogP contribution is 2.02. The fourth-order valence-corrected chi connectivity index (χ4v) is 1.62. The highest BCUT2D eigenvalue weighted by atomic mass is 16.3. The Balaban J connectivity index is 2.25. The molecule has 0 bridgehead atoms. The van der Waals surface area contributed by atoms with Gasteiger partial charge in [-0.2, -0.15) is 0 Å². The van der Waals surface area contributed by atoms with Crippen LogP contribution >= 0.6 is 0 Å². The Bertz CT molecular complexity index is 190. The summed E-state index contributed by atoms with van der Waals surface area (Å²) in [5.74, 6) is 0.129. The summed E-state index contributed by atoms with van der Waals surface area (Å²) in [6.45, 7) is 5.67. The topological polar surface area (TPSA) is 69.8 Å². The monoisotopic (exact) mass is 201 g/mol. The number of β-amino-alcohol motifs (C(OH)–C–C–N with tert-alkyl or cyclic N) is 1. The fraction of sp³-hybridized carbons (Fsp3) is 0.889. The van der Waals surface area contributed by atoms with E-state index in [2.05, 4.69) is 4.90 Å². The number of aliphatic hydroxyl groups excluding tert-OH is 1. The first-order valence-electron chi connectivity index (χ1n) is 4.99. The third-order valence-corrected chi connectivity index (χ3v) is 2.56. The molecule has 14 heavy (non-hydrogen) atoms. The van der Waals surface area contributed by atoms with Crippen molar-refractivity contribution in [1.29, 1.82) is 0 Å². The quantitative estimate of drug-likeness (QED) is 0.581. The average Bonchev–Trinajstić information content (AvgIpc) is 2.18. The molecule has 0 aromatic rings. The largest absolute Gasteiger partial charge is 0.390 e. The summed E-state index contributed by atoms with van der Waals surface area (Å²) in [7, 11) is 0. The van der Waals surface area contributed by atoms with Crippen LogP contribution in [0.1, 0.15) is 6.92 Å². The summed E-state index contributed by atoms with van der Waals surface area (Å²) < 4.78 is 0. The van der Waals surface area contributed by atoms with Crippen LogP contribution in [0, 0.1) is 0 Å². The Kier molecular flexibility index (Phi) is 4.31. The molecule has 0 aliphatic carbocycles. The molecule has 0 aromatic heterocycles. The van der Waals surface area contributed by atoms with Crippen molar-refractivity contribution >= 4 is 5.91 Å². The summed E-state index contributed by atoms with van der Waals surface area (Å²) in [6, 6.07) is 0. The van der Waals surface area contributed by atoms with Crippen LogP contribution < -0.4 is 5.73 Å². The average molecular weight is 201 g/mol. The highest BCUT2D eigenvalue weighted by molar-refractivity contribution is 5.73. The van der Waals surface area contributed by atoms with Gasteiger partial charge in [0.2, 0.25) is 5.91 Å². The van der Waals surface area contributed by atoms with E-state index in [1.54, 1.807) is 6.92 Å². The van der Waals surface area contributed by atoms with Crippen LogP contribution in [-0.2, 0) is 4.79 Å². The number of piperazine rings is 1. The first-order valence-corrected chi connectivity index (χ1v) is 4.99. The van der Waals surface area contributed by atoms with Gasteiger partial charge >= 0.3 is 0 Å². The third kappa shape index (κ3) is 3.25. The second-order valence-corrected chi connectivity index (χ2v) is 3.70. The van der Waals surface area contributed by atoms with Crippen molar-refractivity contribution in [1.82, 2.24) is 9.80 Å². The molecule has 1 aliphatic heterocycles. The van der Waals surface area contributed by atoms with Crippen molar-refractivity contribution in [3.05, 3.63) is 0 Å². The van der Waals surface area contributed by atoms with Crippen LogP contribution in [-0.4, -0.2) is 66.2 Å². The van der Waals surface area contributed by atoms with Gasteiger partial charge < -0.3 is 15.7 Å². The van der Waals surface area contributed by atoms with Crippen LogP contribution in [0.3, 0.4) is 0 Å². The molecular weight excluding hydrogens is 182 g/mol. The molecule has 5 heteroatoms. The van der Waals surface area contributed by atoms with E-state index in [9.17, 15) is 9.90 Å². The van der Waals surface area contributed by atoms with Gasteiger partial charge in [0, 0.05) is 46.2 Å². The molecule has 1 atom stereocenters. The second-order valence-electron chi connectivity index (χ2n) is 3.70. The van der Waals surface area contributed by atoms with Crippen LogP contribution in [0.2, 0.25) is 0 Å². The van der Waals surface area contributed by atoms with E-state index in [4.69, 9.17) is 5.73 Å². The first-order chi connectivity index (χ1) is 6.63. The number of hydrogen-bond acceptors (Lipinski definition) is 4. The van der Waals surface area contributed by atoms with Crippen LogP contribution in [0.4, 0.5) is 0 Å². The number of amides is 1. The van der Waals surface area contributed by atoms with Gasteiger partial charge in [0.15, 0.2) is 0 Å². The van der Waals surface area contributed by atoms with Gasteiger partial charge in [-0.3, -0.25) is 9.69 Å². The van der Waals surface area contributed by atoms with Crippen molar-refractivity contribution in [2.45, 2.75) is 13.0 Å². The smallest absolute Gasteiger partial charge is 0.219 e. The van der Waals surface area contributed by atoms with Gasteiger partial charge in [-0.1, -0.05) is 0 Å². The van der Waals surface area contributed by atoms with Crippen molar-refractivity contribution in [2.75, 3.05) is 39.3 Å². The maximum absolute atomic E-state index is 11.0. The van der Waals surface area contributed by atoms with Gasteiger partial charge in [-0.15, -0.1) is 0 Å². The molecule has 1 rings (SSSR count). The van der Waals surface area contributed by atoms with E-state index < -0.39 is 6.10 Å². The lowest BCUT2D eigenvalue weighted by atomic mass is 10.2. The number of carbonyl (C=O) groups excluding carboxylic acids is 1. The van der Waals surface area contributed by atoms with Gasteiger partial charge in [0.1, 0.15) is 0 Å². The second kappa shape index (κ2) is 5.29. The number of carbonyl (C=O) groups is 1. The summed E-state index contributed by atoms with van der Waals surface area (Å²) in [4.78, 5) is 15.0. The van der Waals surface area contributed by atoms with Crippen LogP contribution in [0.25, 0.3) is 0 Å².